The van der Waals surface area contributed by atoms with E-state index in [4.69, 9.17) is 0 Å². The van der Waals surface area contributed by atoms with Crippen molar-refractivity contribution in [2.24, 2.45) is 0 Å². The molecule has 0 heterocycles. The van der Waals surface area contributed by atoms with Crippen LogP contribution >= 0.6 is 0 Å². The molecule has 0 fully saturated rings. The summed E-state index contributed by atoms with van der Waals surface area (Å²) >= 11 is 0. The molecule has 24 heavy (non-hydrogen) atoms. The molecular formula is C23H30O. The number of unbranched alkanes of at least 4 members (excludes halogenated alkanes) is 1. The third kappa shape index (κ3) is 5.26. The molecule has 0 spiro atoms. The smallest absolute Gasteiger partial charge is 0.123 e. The summed E-state index contributed by atoms with van der Waals surface area (Å²) in [6, 6.07) is 16.3. The molecule has 0 aliphatic heterocycles. The van der Waals surface area contributed by atoms with Crippen molar-refractivity contribution in [1.82, 2.24) is 0 Å². The van der Waals surface area contributed by atoms with Gasteiger partial charge < -0.3 is 5.11 Å². The summed E-state index contributed by atoms with van der Waals surface area (Å²) in [4.78, 5) is 0. The molecular weight excluding hydrogens is 292 g/mol. The quantitative estimate of drug-likeness (QED) is 0.515. The zero-order valence-corrected chi connectivity index (χ0v) is 15.3. The fraction of sp³-hybridized carbons (Fsp3) is 0.391. The van der Waals surface area contributed by atoms with Crippen molar-refractivity contribution in [1.29, 1.82) is 0 Å². The Bertz CT molecular complexity index is 651. The van der Waals surface area contributed by atoms with Crippen molar-refractivity contribution in [2.45, 2.75) is 58.8 Å². The van der Waals surface area contributed by atoms with E-state index < -0.39 is 0 Å². The van der Waals surface area contributed by atoms with Gasteiger partial charge in [-0.05, 0) is 56.2 Å². The van der Waals surface area contributed by atoms with Crippen LogP contribution in [0.15, 0.2) is 60.2 Å². The predicted octanol–water partition coefficient (Wildman–Crippen LogP) is 7.08. The summed E-state index contributed by atoms with van der Waals surface area (Å²) in [6.45, 7) is 6.55. The van der Waals surface area contributed by atoms with Gasteiger partial charge in [0.05, 0.1) is 0 Å². The third-order valence-electron chi connectivity index (χ3n) is 4.55. The number of rotatable bonds is 8. The maximum absolute atomic E-state index is 10.5. The molecule has 1 atom stereocenters. The highest BCUT2D eigenvalue weighted by atomic mass is 16.3. The lowest BCUT2D eigenvalue weighted by molar-refractivity contribution is 0.473. The zero-order valence-electron chi connectivity index (χ0n) is 15.3. The number of benzene rings is 2. The number of allylic oxidation sites excluding steroid dienone is 2. The van der Waals surface area contributed by atoms with Crippen LogP contribution in [-0.4, -0.2) is 5.11 Å². The molecule has 1 unspecified atom stereocenters. The Morgan fingerprint density at radius 2 is 1.79 bits per heavy atom. The summed E-state index contributed by atoms with van der Waals surface area (Å²) in [5, 5.41) is 10.5. The second-order valence-electron chi connectivity index (χ2n) is 6.84. The van der Waals surface area contributed by atoms with Gasteiger partial charge in [0.25, 0.3) is 0 Å². The molecule has 0 aromatic heterocycles. The van der Waals surface area contributed by atoms with Gasteiger partial charge in [-0.3, -0.25) is 0 Å². The van der Waals surface area contributed by atoms with Gasteiger partial charge in [-0.25, -0.2) is 0 Å². The predicted molar refractivity (Wildman–Crippen MR) is 104 cm³/mol. The molecule has 0 amide bonds. The van der Waals surface area contributed by atoms with E-state index in [2.05, 4.69) is 39.0 Å². The van der Waals surface area contributed by atoms with E-state index in [1.165, 1.54) is 30.4 Å². The van der Waals surface area contributed by atoms with E-state index in [0.29, 0.717) is 11.7 Å². The number of hydrogen-bond acceptors (Lipinski definition) is 1. The first kappa shape index (κ1) is 18.3. The van der Waals surface area contributed by atoms with Gasteiger partial charge in [0.15, 0.2) is 0 Å². The van der Waals surface area contributed by atoms with E-state index in [-0.39, 0.29) is 0 Å². The standard InChI is InChI=1S/C23H30O/c1-4-5-11-19(14-9-10-18(2)3)21-15-16-22(23(24)17-21)20-12-7-6-8-13-20/h6-8,10,12-13,15-17,19,24H,4-5,9,11,14H2,1-3H3. The minimum Gasteiger partial charge on any atom is -0.507 e. The Morgan fingerprint density at radius 1 is 1.04 bits per heavy atom. The Labute approximate surface area is 147 Å². The second kappa shape index (κ2) is 9.32. The summed E-state index contributed by atoms with van der Waals surface area (Å²) < 4.78 is 0. The molecule has 1 N–H and O–H groups in total. The highest BCUT2D eigenvalue weighted by molar-refractivity contribution is 5.70. The number of hydrogen-bond donors (Lipinski definition) is 1. The fourth-order valence-corrected chi connectivity index (χ4v) is 3.17. The average Bonchev–Trinajstić information content (AvgIpc) is 2.58. The monoisotopic (exact) mass is 322 g/mol. The van der Waals surface area contributed by atoms with Crippen LogP contribution in [0.25, 0.3) is 11.1 Å². The molecule has 0 aliphatic carbocycles. The van der Waals surface area contributed by atoms with Gasteiger partial charge in [-0.2, -0.15) is 0 Å². The third-order valence-corrected chi connectivity index (χ3v) is 4.55. The minimum atomic E-state index is 0.391. The molecule has 0 aliphatic rings. The van der Waals surface area contributed by atoms with Crippen molar-refractivity contribution in [2.75, 3.05) is 0 Å². The Morgan fingerprint density at radius 3 is 2.42 bits per heavy atom. The molecule has 0 saturated carbocycles. The molecule has 0 bridgehead atoms. The first-order chi connectivity index (χ1) is 11.6. The summed E-state index contributed by atoms with van der Waals surface area (Å²) in [6.07, 6.45) is 8.22. The van der Waals surface area contributed by atoms with Crippen molar-refractivity contribution in [3.8, 4) is 16.9 Å². The first-order valence-corrected chi connectivity index (χ1v) is 9.13. The van der Waals surface area contributed by atoms with E-state index in [9.17, 15) is 5.11 Å². The van der Waals surface area contributed by atoms with Gasteiger partial charge in [0, 0.05) is 5.56 Å². The largest absolute Gasteiger partial charge is 0.507 e. The highest BCUT2D eigenvalue weighted by Crippen LogP contribution is 2.35. The van der Waals surface area contributed by atoms with Crippen LogP contribution in [0.2, 0.25) is 0 Å². The maximum Gasteiger partial charge on any atom is 0.123 e. The molecule has 1 nitrogen and oxygen atoms in total. The number of aromatic hydroxyl groups is 1. The van der Waals surface area contributed by atoms with Crippen LogP contribution in [0.5, 0.6) is 5.75 Å². The van der Waals surface area contributed by atoms with Gasteiger partial charge in [0.2, 0.25) is 0 Å². The normalized spacial score (nSPS) is 12.0. The van der Waals surface area contributed by atoms with Crippen molar-refractivity contribution >= 4 is 0 Å². The summed E-state index contributed by atoms with van der Waals surface area (Å²) in [5.74, 6) is 0.915. The molecule has 128 valence electrons. The van der Waals surface area contributed by atoms with Crippen LogP contribution < -0.4 is 0 Å². The van der Waals surface area contributed by atoms with Crippen molar-refractivity contribution < 1.29 is 5.11 Å². The van der Waals surface area contributed by atoms with Gasteiger partial charge in [-0.15, -0.1) is 0 Å². The van der Waals surface area contributed by atoms with Crippen LogP contribution in [0.1, 0.15) is 64.4 Å². The van der Waals surface area contributed by atoms with Crippen LogP contribution in [0.4, 0.5) is 0 Å². The summed E-state index contributed by atoms with van der Waals surface area (Å²) in [7, 11) is 0. The maximum atomic E-state index is 10.5. The van der Waals surface area contributed by atoms with E-state index in [1.54, 1.807) is 0 Å². The second-order valence-corrected chi connectivity index (χ2v) is 6.84. The molecule has 0 radical (unpaired) electrons. The lowest BCUT2D eigenvalue weighted by Crippen LogP contribution is -1.99. The van der Waals surface area contributed by atoms with E-state index in [1.807, 2.05) is 36.4 Å². The zero-order chi connectivity index (χ0) is 17.4. The van der Waals surface area contributed by atoms with Crippen molar-refractivity contribution in [3.05, 3.63) is 65.7 Å². The first-order valence-electron chi connectivity index (χ1n) is 9.13. The highest BCUT2D eigenvalue weighted by Gasteiger charge is 2.13. The fourth-order valence-electron chi connectivity index (χ4n) is 3.17. The Balaban J connectivity index is 2.20. The van der Waals surface area contributed by atoms with Crippen molar-refractivity contribution in [3.63, 3.8) is 0 Å². The average molecular weight is 322 g/mol. The number of phenols is 1. The molecule has 0 saturated heterocycles. The Kier molecular flexibility index (Phi) is 7.11. The van der Waals surface area contributed by atoms with Crippen LogP contribution in [-0.2, 0) is 0 Å². The van der Waals surface area contributed by atoms with Gasteiger partial charge >= 0.3 is 0 Å². The lowest BCUT2D eigenvalue weighted by Gasteiger charge is -2.18. The number of phenolic OH excluding ortho intramolecular Hbond substituents is 1. The molecule has 2 aromatic rings. The molecule has 2 rings (SSSR count). The SMILES string of the molecule is CCCCC(CCC=C(C)C)c1ccc(-c2ccccc2)c(O)c1. The van der Waals surface area contributed by atoms with E-state index >= 15 is 0 Å². The van der Waals surface area contributed by atoms with Gasteiger partial charge in [0.1, 0.15) is 5.75 Å². The Hall–Kier alpha value is -2.02. The van der Waals surface area contributed by atoms with Crippen LogP contribution in [0, 0.1) is 0 Å². The summed E-state index contributed by atoms with van der Waals surface area (Å²) in [5.41, 5.74) is 4.63. The van der Waals surface area contributed by atoms with E-state index in [0.717, 1.165) is 24.0 Å². The van der Waals surface area contributed by atoms with Crippen LogP contribution in [0.3, 0.4) is 0 Å². The minimum absolute atomic E-state index is 0.391. The lowest BCUT2D eigenvalue weighted by atomic mass is 9.88. The molecule has 1 heteroatoms. The van der Waals surface area contributed by atoms with Gasteiger partial charge in [-0.1, -0.05) is 73.9 Å². The molecule has 2 aromatic carbocycles. The topological polar surface area (TPSA) is 20.2 Å².